The van der Waals surface area contributed by atoms with Crippen molar-refractivity contribution in [2.24, 2.45) is 0 Å². The molecule has 0 radical (unpaired) electrons. The van der Waals surface area contributed by atoms with Crippen LogP contribution in [0.1, 0.15) is 19.3 Å². The summed E-state index contributed by atoms with van der Waals surface area (Å²) in [5.41, 5.74) is -4.10. The molecule has 1 atom stereocenters. The highest BCUT2D eigenvalue weighted by atomic mass is 32.2. The molecule has 1 unspecified atom stereocenters. The molecular weight excluding hydrogens is 227 g/mol. The van der Waals surface area contributed by atoms with Gasteiger partial charge in [-0.25, -0.2) is 0 Å². The lowest BCUT2D eigenvalue weighted by Gasteiger charge is -2.15. The molecule has 0 aromatic rings. The van der Waals surface area contributed by atoms with E-state index in [0.29, 0.717) is 19.2 Å². The second kappa shape index (κ2) is 6.60. The summed E-state index contributed by atoms with van der Waals surface area (Å²) >= 11 is 0.0336. The van der Waals surface area contributed by atoms with Gasteiger partial charge in [0.1, 0.15) is 0 Å². The van der Waals surface area contributed by atoms with Crippen LogP contribution in [0.25, 0.3) is 0 Å². The van der Waals surface area contributed by atoms with Crippen LogP contribution in [0.2, 0.25) is 0 Å². The topological polar surface area (TPSA) is 21.3 Å². The normalized spacial score (nSPS) is 23.8. The van der Waals surface area contributed by atoms with Crippen molar-refractivity contribution in [1.29, 1.82) is 0 Å². The molecule has 6 heteroatoms. The molecule has 0 spiro atoms. The highest BCUT2D eigenvalue weighted by Gasteiger charge is 2.27. The summed E-state index contributed by atoms with van der Waals surface area (Å²) in [5.74, 6) is 0.0842. The number of halogens is 3. The van der Waals surface area contributed by atoms with Gasteiger partial charge in [-0.05, 0) is 31.0 Å². The van der Waals surface area contributed by atoms with Crippen LogP contribution in [0.15, 0.2) is 0 Å². The van der Waals surface area contributed by atoms with E-state index in [1.54, 1.807) is 0 Å². The van der Waals surface area contributed by atoms with Crippen LogP contribution in [0.4, 0.5) is 13.2 Å². The first-order valence-electron chi connectivity index (χ1n) is 5.10. The average molecular weight is 243 g/mol. The molecule has 1 fully saturated rings. The molecule has 1 saturated heterocycles. The van der Waals surface area contributed by atoms with Gasteiger partial charge >= 0.3 is 5.51 Å². The highest BCUT2D eigenvalue weighted by molar-refractivity contribution is 8.00. The van der Waals surface area contributed by atoms with Gasteiger partial charge in [0, 0.05) is 31.6 Å². The molecule has 2 nitrogen and oxygen atoms in total. The average Bonchev–Trinajstić information content (AvgIpc) is 2.39. The lowest BCUT2D eigenvalue weighted by molar-refractivity contribution is -0.0327. The van der Waals surface area contributed by atoms with Crippen LogP contribution in [0, 0.1) is 0 Å². The van der Waals surface area contributed by atoms with E-state index in [-0.39, 0.29) is 17.5 Å². The third kappa shape index (κ3) is 7.03. The van der Waals surface area contributed by atoms with Crippen LogP contribution in [-0.2, 0) is 4.74 Å². The summed E-state index contributed by atoms with van der Waals surface area (Å²) in [7, 11) is 0. The largest absolute Gasteiger partial charge is 0.441 e. The van der Waals surface area contributed by atoms with E-state index in [2.05, 4.69) is 5.32 Å². The SMILES string of the molecule is FC(F)(F)SCCNC1CCCOCC1. The minimum absolute atomic E-state index is 0.0336. The third-order valence-corrected chi connectivity index (χ3v) is 2.99. The molecule has 1 heterocycles. The maximum atomic E-state index is 11.8. The Bertz CT molecular complexity index is 169. The van der Waals surface area contributed by atoms with Gasteiger partial charge in [-0.1, -0.05) is 0 Å². The fourth-order valence-corrected chi connectivity index (χ4v) is 1.99. The molecule has 1 aliphatic heterocycles. The van der Waals surface area contributed by atoms with Crippen molar-refractivity contribution in [3.8, 4) is 0 Å². The van der Waals surface area contributed by atoms with E-state index >= 15 is 0 Å². The van der Waals surface area contributed by atoms with E-state index in [1.165, 1.54) is 0 Å². The van der Waals surface area contributed by atoms with Crippen LogP contribution >= 0.6 is 11.8 Å². The van der Waals surface area contributed by atoms with Crippen molar-refractivity contribution >= 4 is 11.8 Å². The maximum absolute atomic E-state index is 11.8. The molecule has 1 N–H and O–H groups in total. The summed E-state index contributed by atoms with van der Waals surface area (Å²) in [4.78, 5) is 0. The van der Waals surface area contributed by atoms with E-state index in [1.807, 2.05) is 0 Å². The van der Waals surface area contributed by atoms with Crippen LogP contribution in [-0.4, -0.2) is 37.1 Å². The first-order valence-corrected chi connectivity index (χ1v) is 6.08. The quantitative estimate of drug-likeness (QED) is 0.766. The molecule has 0 aromatic heterocycles. The van der Waals surface area contributed by atoms with E-state index < -0.39 is 5.51 Å². The van der Waals surface area contributed by atoms with E-state index in [4.69, 9.17) is 4.74 Å². The minimum atomic E-state index is -4.10. The lowest BCUT2D eigenvalue weighted by atomic mass is 10.1. The Hall–Kier alpha value is 0.0600. The zero-order chi connectivity index (χ0) is 11.1. The molecule has 90 valence electrons. The second-order valence-electron chi connectivity index (χ2n) is 3.49. The van der Waals surface area contributed by atoms with Gasteiger partial charge in [0.25, 0.3) is 0 Å². The van der Waals surface area contributed by atoms with Crippen molar-refractivity contribution < 1.29 is 17.9 Å². The predicted molar refractivity (Wildman–Crippen MR) is 55.0 cm³/mol. The Morgan fingerprint density at radius 2 is 2.07 bits per heavy atom. The van der Waals surface area contributed by atoms with Crippen molar-refractivity contribution in [1.82, 2.24) is 5.32 Å². The number of rotatable bonds is 4. The summed E-state index contributed by atoms with van der Waals surface area (Å²) in [6.07, 6.45) is 2.89. The van der Waals surface area contributed by atoms with Gasteiger partial charge in [-0.2, -0.15) is 13.2 Å². The number of hydrogen-bond acceptors (Lipinski definition) is 3. The lowest BCUT2D eigenvalue weighted by Crippen LogP contribution is -2.31. The molecule has 15 heavy (non-hydrogen) atoms. The monoisotopic (exact) mass is 243 g/mol. The number of ether oxygens (including phenoxy) is 1. The molecule has 0 bridgehead atoms. The standard InChI is InChI=1S/C9H16F3NOS/c10-9(11,12)15-7-4-13-8-2-1-5-14-6-3-8/h8,13H,1-7H2. The molecule has 0 aliphatic carbocycles. The summed E-state index contributed by atoms with van der Waals surface area (Å²) in [5, 5.41) is 3.13. The van der Waals surface area contributed by atoms with Gasteiger partial charge < -0.3 is 10.1 Å². The van der Waals surface area contributed by atoms with Gasteiger partial charge in [0.05, 0.1) is 0 Å². The van der Waals surface area contributed by atoms with Crippen LogP contribution in [0.5, 0.6) is 0 Å². The number of thioether (sulfide) groups is 1. The van der Waals surface area contributed by atoms with Crippen molar-refractivity contribution in [3.63, 3.8) is 0 Å². The maximum Gasteiger partial charge on any atom is 0.441 e. The molecular formula is C9H16F3NOS. The second-order valence-corrected chi connectivity index (χ2v) is 4.65. The van der Waals surface area contributed by atoms with Gasteiger partial charge in [0.15, 0.2) is 0 Å². The van der Waals surface area contributed by atoms with Crippen molar-refractivity contribution in [2.75, 3.05) is 25.5 Å². The Balaban J connectivity index is 2.03. The zero-order valence-electron chi connectivity index (χ0n) is 8.48. The van der Waals surface area contributed by atoms with Gasteiger partial charge in [-0.3, -0.25) is 0 Å². The molecule has 1 rings (SSSR count). The Kier molecular flexibility index (Phi) is 5.78. The van der Waals surface area contributed by atoms with Crippen molar-refractivity contribution in [2.45, 2.75) is 30.8 Å². The van der Waals surface area contributed by atoms with Gasteiger partial charge in [-0.15, -0.1) is 0 Å². The van der Waals surface area contributed by atoms with Gasteiger partial charge in [0.2, 0.25) is 0 Å². The molecule has 0 aromatic carbocycles. The zero-order valence-corrected chi connectivity index (χ0v) is 9.29. The van der Waals surface area contributed by atoms with E-state index in [0.717, 1.165) is 25.9 Å². The minimum Gasteiger partial charge on any atom is -0.381 e. The highest BCUT2D eigenvalue weighted by Crippen LogP contribution is 2.29. The fraction of sp³-hybridized carbons (Fsp3) is 1.00. The summed E-state index contributed by atoms with van der Waals surface area (Å²) in [6, 6.07) is 0.321. The predicted octanol–water partition coefficient (Wildman–Crippen LogP) is 2.40. The van der Waals surface area contributed by atoms with E-state index in [9.17, 15) is 13.2 Å². The molecule has 0 saturated carbocycles. The number of hydrogen-bond donors (Lipinski definition) is 1. The smallest absolute Gasteiger partial charge is 0.381 e. The number of alkyl halides is 3. The summed E-state index contributed by atoms with van der Waals surface area (Å²) in [6.45, 7) is 1.90. The first kappa shape index (κ1) is 13.1. The third-order valence-electron chi connectivity index (χ3n) is 2.25. The molecule has 0 amide bonds. The summed E-state index contributed by atoms with van der Waals surface area (Å²) < 4.78 is 40.7. The molecule has 1 aliphatic rings. The first-order chi connectivity index (χ1) is 7.08. The fourth-order valence-electron chi connectivity index (χ4n) is 1.54. The van der Waals surface area contributed by atoms with Crippen molar-refractivity contribution in [3.05, 3.63) is 0 Å². The Morgan fingerprint density at radius 1 is 1.27 bits per heavy atom. The number of nitrogens with one attached hydrogen (secondary N) is 1. The van der Waals surface area contributed by atoms with Crippen LogP contribution in [0.3, 0.4) is 0 Å². The Morgan fingerprint density at radius 3 is 2.80 bits per heavy atom. The van der Waals surface area contributed by atoms with Crippen LogP contribution < -0.4 is 5.32 Å². The Labute approximate surface area is 91.9 Å².